The molecule has 5 heteroatoms. The molecule has 0 saturated carbocycles. The Balaban J connectivity index is 2.10. The minimum atomic E-state index is 0.566. The van der Waals surface area contributed by atoms with Gasteiger partial charge in [0.15, 0.2) is 0 Å². The maximum Gasteiger partial charge on any atom is 0.114 e. The summed E-state index contributed by atoms with van der Waals surface area (Å²) < 4.78 is 1.85. The first-order chi connectivity index (χ1) is 6.38. The van der Waals surface area contributed by atoms with E-state index in [2.05, 4.69) is 10.1 Å². The molecule has 2 aromatic rings. The first kappa shape index (κ1) is 8.40. The summed E-state index contributed by atoms with van der Waals surface area (Å²) in [6.45, 7) is 1.30. The van der Waals surface area contributed by atoms with Crippen molar-refractivity contribution in [3.05, 3.63) is 34.5 Å². The van der Waals surface area contributed by atoms with E-state index in [0.717, 1.165) is 16.4 Å². The number of hydrogen-bond donors (Lipinski definition) is 1. The lowest BCUT2D eigenvalue weighted by Crippen LogP contribution is -1.98. The fourth-order valence-electron chi connectivity index (χ4n) is 1.05. The van der Waals surface area contributed by atoms with Crippen LogP contribution in [-0.4, -0.2) is 14.8 Å². The SMILES string of the molecule is NCc1cnc(Cn2cccn2)s1. The van der Waals surface area contributed by atoms with E-state index < -0.39 is 0 Å². The van der Waals surface area contributed by atoms with E-state index in [9.17, 15) is 0 Å². The molecule has 0 aliphatic heterocycles. The topological polar surface area (TPSA) is 56.7 Å². The van der Waals surface area contributed by atoms with Gasteiger partial charge >= 0.3 is 0 Å². The van der Waals surface area contributed by atoms with Crippen molar-refractivity contribution in [2.24, 2.45) is 5.73 Å². The molecule has 2 aromatic heterocycles. The van der Waals surface area contributed by atoms with Crippen molar-refractivity contribution in [2.45, 2.75) is 13.1 Å². The summed E-state index contributed by atoms with van der Waals surface area (Å²) in [5.41, 5.74) is 5.48. The van der Waals surface area contributed by atoms with E-state index in [4.69, 9.17) is 5.73 Å². The van der Waals surface area contributed by atoms with E-state index >= 15 is 0 Å². The van der Waals surface area contributed by atoms with Crippen LogP contribution in [0.3, 0.4) is 0 Å². The standard InChI is InChI=1S/C8H10N4S/c9-4-7-5-10-8(13-7)6-12-3-1-2-11-12/h1-3,5H,4,6,9H2. The fourth-order valence-corrected chi connectivity index (χ4v) is 1.84. The summed E-state index contributed by atoms with van der Waals surface area (Å²) in [4.78, 5) is 5.35. The minimum absolute atomic E-state index is 0.566. The molecule has 13 heavy (non-hydrogen) atoms. The van der Waals surface area contributed by atoms with Crippen LogP contribution in [0.15, 0.2) is 24.7 Å². The summed E-state index contributed by atoms with van der Waals surface area (Å²) >= 11 is 1.63. The van der Waals surface area contributed by atoms with Gasteiger partial charge in [0.2, 0.25) is 0 Å². The molecule has 0 saturated heterocycles. The van der Waals surface area contributed by atoms with Crippen molar-refractivity contribution in [2.75, 3.05) is 0 Å². The fraction of sp³-hybridized carbons (Fsp3) is 0.250. The quantitative estimate of drug-likeness (QED) is 0.788. The largest absolute Gasteiger partial charge is 0.326 e. The molecule has 2 rings (SSSR count). The third-order valence-corrected chi connectivity index (χ3v) is 2.66. The number of thiazole rings is 1. The zero-order valence-electron chi connectivity index (χ0n) is 7.05. The highest BCUT2D eigenvalue weighted by Crippen LogP contribution is 2.12. The van der Waals surface area contributed by atoms with E-state index in [1.807, 2.05) is 23.1 Å². The van der Waals surface area contributed by atoms with Gasteiger partial charge in [-0.05, 0) is 6.07 Å². The second-order valence-electron chi connectivity index (χ2n) is 2.63. The van der Waals surface area contributed by atoms with Gasteiger partial charge in [-0.3, -0.25) is 4.68 Å². The minimum Gasteiger partial charge on any atom is -0.326 e. The highest BCUT2D eigenvalue weighted by Gasteiger charge is 2.00. The second kappa shape index (κ2) is 3.68. The average molecular weight is 194 g/mol. The molecule has 0 fully saturated rings. The molecule has 0 spiro atoms. The molecule has 4 nitrogen and oxygen atoms in total. The van der Waals surface area contributed by atoms with Gasteiger partial charge in [0.05, 0.1) is 6.54 Å². The predicted octanol–water partition coefficient (Wildman–Crippen LogP) is 0.847. The van der Waals surface area contributed by atoms with Crippen LogP contribution in [-0.2, 0) is 13.1 Å². The molecule has 2 heterocycles. The Labute approximate surface area is 80.0 Å². The van der Waals surface area contributed by atoms with Crippen molar-refractivity contribution >= 4 is 11.3 Å². The van der Waals surface area contributed by atoms with Crippen LogP contribution in [0, 0.1) is 0 Å². The number of hydrogen-bond acceptors (Lipinski definition) is 4. The van der Waals surface area contributed by atoms with Crippen LogP contribution in [0.5, 0.6) is 0 Å². The number of aromatic nitrogens is 3. The Morgan fingerprint density at radius 3 is 3.08 bits per heavy atom. The summed E-state index contributed by atoms with van der Waals surface area (Å²) in [7, 11) is 0. The van der Waals surface area contributed by atoms with Gasteiger partial charge in [0, 0.05) is 30.0 Å². The monoisotopic (exact) mass is 194 g/mol. The maximum atomic E-state index is 5.48. The van der Waals surface area contributed by atoms with Crippen LogP contribution < -0.4 is 5.73 Å². The Morgan fingerprint density at radius 2 is 2.46 bits per heavy atom. The zero-order valence-corrected chi connectivity index (χ0v) is 7.87. The Bertz CT molecular complexity index is 365. The smallest absolute Gasteiger partial charge is 0.114 e. The third-order valence-electron chi connectivity index (χ3n) is 1.66. The maximum absolute atomic E-state index is 5.48. The molecule has 0 aliphatic rings. The molecule has 0 amide bonds. The van der Waals surface area contributed by atoms with Crippen molar-refractivity contribution in [3.8, 4) is 0 Å². The molecule has 0 atom stereocenters. The van der Waals surface area contributed by atoms with Gasteiger partial charge in [0.25, 0.3) is 0 Å². The second-order valence-corrected chi connectivity index (χ2v) is 3.83. The Kier molecular flexibility index (Phi) is 2.37. The summed E-state index contributed by atoms with van der Waals surface area (Å²) in [6.07, 6.45) is 5.50. The molecule has 0 unspecified atom stereocenters. The molecule has 0 bridgehead atoms. The summed E-state index contributed by atoms with van der Waals surface area (Å²) in [5.74, 6) is 0. The molecular weight excluding hydrogens is 184 g/mol. The first-order valence-electron chi connectivity index (χ1n) is 3.99. The highest BCUT2D eigenvalue weighted by molar-refractivity contribution is 7.11. The first-order valence-corrected chi connectivity index (χ1v) is 4.81. The van der Waals surface area contributed by atoms with Gasteiger partial charge in [-0.1, -0.05) is 0 Å². The average Bonchev–Trinajstić information content (AvgIpc) is 2.76. The molecule has 0 aliphatic carbocycles. The molecule has 68 valence electrons. The zero-order chi connectivity index (χ0) is 9.10. The van der Waals surface area contributed by atoms with Crippen LogP contribution in [0.2, 0.25) is 0 Å². The number of nitrogens with two attached hydrogens (primary N) is 1. The van der Waals surface area contributed by atoms with Gasteiger partial charge in [-0.2, -0.15) is 5.10 Å². The van der Waals surface area contributed by atoms with Crippen molar-refractivity contribution in [1.82, 2.24) is 14.8 Å². The van der Waals surface area contributed by atoms with Crippen LogP contribution in [0.1, 0.15) is 9.88 Å². The van der Waals surface area contributed by atoms with Crippen molar-refractivity contribution in [3.63, 3.8) is 0 Å². The number of rotatable bonds is 3. The lowest BCUT2D eigenvalue weighted by Gasteiger charge is -1.94. The van der Waals surface area contributed by atoms with E-state index in [-0.39, 0.29) is 0 Å². The van der Waals surface area contributed by atoms with E-state index in [0.29, 0.717) is 6.54 Å². The molecule has 0 radical (unpaired) electrons. The Hall–Kier alpha value is -1.20. The van der Waals surface area contributed by atoms with E-state index in [1.54, 1.807) is 17.5 Å². The summed E-state index contributed by atoms with van der Waals surface area (Å²) in [6, 6.07) is 1.90. The van der Waals surface area contributed by atoms with Crippen LogP contribution in [0.4, 0.5) is 0 Å². The third kappa shape index (κ3) is 1.93. The molecule has 0 aromatic carbocycles. The normalized spacial score (nSPS) is 10.5. The molecular formula is C8H10N4S. The van der Waals surface area contributed by atoms with Gasteiger partial charge in [-0.15, -0.1) is 11.3 Å². The predicted molar refractivity (Wildman–Crippen MR) is 51.3 cm³/mol. The summed E-state index contributed by atoms with van der Waals surface area (Å²) in [5, 5.41) is 5.14. The lowest BCUT2D eigenvalue weighted by molar-refractivity contribution is 0.683. The molecule has 2 N–H and O–H groups in total. The van der Waals surface area contributed by atoms with Gasteiger partial charge < -0.3 is 5.73 Å². The number of nitrogens with zero attached hydrogens (tertiary/aromatic N) is 3. The van der Waals surface area contributed by atoms with Crippen LogP contribution in [0.25, 0.3) is 0 Å². The highest BCUT2D eigenvalue weighted by atomic mass is 32.1. The lowest BCUT2D eigenvalue weighted by atomic mass is 10.6. The van der Waals surface area contributed by atoms with Gasteiger partial charge in [-0.25, -0.2) is 4.98 Å². The van der Waals surface area contributed by atoms with Gasteiger partial charge in [0.1, 0.15) is 5.01 Å². The van der Waals surface area contributed by atoms with Crippen molar-refractivity contribution < 1.29 is 0 Å². The van der Waals surface area contributed by atoms with Crippen molar-refractivity contribution in [1.29, 1.82) is 0 Å². The van der Waals surface area contributed by atoms with Crippen LogP contribution >= 0.6 is 11.3 Å². The Morgan fingerprint density at radius 1 is 1.54 bits per heavy atom. The van der Waals surface area contributed by atoms with E-state index in [1.165, 1.54) is 0 Å².